The fourth-order valence-corrected chi connectivity index (χ4v) is 3.70. The second-order valence-corrected chi connectivity index (χ2v) is 7.58. The van der Waals surface area contributed by atoms with Gasteiger partial charge in [0.25, 0.3) is 0 Å². The van der Waals surface area contributed by atoms with Gasteiger partial charge in [0.05, 0.1) is 12.7 Å². The molecular formula is C21H26N6O. The largest absolute Gasteiger partial charge is 0.357 e. The molecule has 0 unspecified atom stereocenters. The predicted octanol–water partition coefficient (Wildman–Crippen LogP) is 2.53. The average molecular weight is 378 g/mol. The van der Waals surface area contributed by atoms with E-state index in [0.717, 1.165) is 25.0 Å². The summed E-state index contributed by atoms with van der Waals surface area (Å²) in [4.78, 5) is 20.2. The van der Waals surface area contributed by atoms with Gasteiger partial charge < -0.3 is 14.8 Å². The first-order valence-corrected chi connectivity index (χ1v) is 9.66. The molecule has 1 aliphatic heterocycles. The minimum atomic E-state index is 0.162. The highest BCUT2D eigenvalue weighted by atomic mass is 16.2. The average Bonchev–Trinajstić information content (AvgIpc) is 3.34. The number of aryl methyl sites for hydroxylation is 1. The molecule has 1 aliphatic rings. The zero-order valence-corrected chi connectivity index (χ0v) is 16.4. The Morgan fingerprint density at radius 3 is 2.96 bits per heavy atom. The number of nitrogens with one attached hydrogen (secondary N) is 1. The molecule has 1 aromatic carbocycles. The van der Waals surface area contributed by atoms with Gasteiger partial charge in [-0.05, 0) is 49.2 Å². The summed E-state index contributed by atoms with van der Waals surface area (Å²) in [7, 11) is 4.14. The number of amides is 1. The number of H-pyrrole nitrogens is 1. The van der Waals surface area contributed by atoms with Gasteiger partial charge in [-0.3, -0.25) is 9.48 Å². The van der Waals surface area contributed by atoms with Crippen molar-refractivity contribution in [1.29, 1.82) is 0 Å². The lowest BCUT2D eigenvalue weighted by Gasteiger charge is -2.28. The quantitative estimate of drug-likeness (QED) is 0.716. The van der Waals surface area contributed by atoms with Crippen molar-refractivity contribution in [3.8, 4) is 0 Å². The summed E-state index contributed by atoms with van der Waals surface area (Å²) in [6, 6.07) is 8.72. The molecule has 0 bridgehead atoms. The van der Waals surface area contributed by atoms with E-state index in [2.05, 4.69) is 64.6 Å². The maximum Gasteiger partial charge on any atom is 0.224 e. The second kappa shape index (κ2) is 7.98. The van der Waals surface area contributed by atoms with Crippen LogP contribution in [0.1, 0.15) is 24.1 Å². The Morgan fingerprint density at radius 2 is 2.18 bits per heavy atom. The van der Waals surface area contributed by atoms with Crippen LogP contribution in [0.5, 0.6) is 0 Å². The van der Waals surface area contributed by atoms with Crippen molar-refractivity contribution >= 4 is 22.4 Å². The highest BCUT2D eigenvalue weighted by Crippen LogP contribution is 2.25. The molecule has 0 fully saturated rings. The van der Waals surface area contributed by atoms with Gasteiger partial charge in [-0.1, -0.05) is 23.4 Å². The molecule has 3 aromatic rings. The topological polar surface area (TPSA) is 70.1 Å². The molecule has 0 spiro atoms. The number of benzene rings is 1. The van der Waals surface area contributed by atoms with E-state index in [-0.39, 0.29) is 5.91 Å². The van der Waals surface area contributed by atoms with Gasteiger partial charge in [-0.2, -0.15) is 0 Å². The van der Waals surface area contributed by atoms with E-state index in [1.165, 1.54) is 22.2 Å². The third-order valence-corrected chi connectivity index (χ3v) is 5.07. The number of carbonyl (C=O) groups excluding carboxylic acids is 1. The maximum atomic E-state index is 12.6. The van der Waals surface area contributed by atoms with Gasteiger partial charge in [0.2, 0.25) is 5.91 Å². The molecule has 7 nitrogen and oxygen atoms in total. The van der Waals surface area contributed by atoms with Gasteiger partial charge in [-0.15, -0.1) is 5.10 Å². The lowest BCUT2D eigenvalue weighted by Crippen LogP contribution is -2.35. The fraction of sp³-hybridized carbons (Fsp3) is 0.381. The predicted molar refractivity (Wildman–Crippen MR) is 110 cm³/mol. The van der Waals surface area contributed by atoms with Crippen LogP contribution >= 0.6 is 0 Å². The van der Waals surface area contributed by atoms with Crippen LogP contribution in [0.4, 0.5) is 0 Å². The SMILES string of the molecule is CN(C)Cc1cc2ccc(C3=CCCN(C(=O)CCn4ccnn4)C3)cc2[nH]1. The first-order valence-electron chi connectivity index (χ1n) is 9.66. The number of carbonyl (C=O) groups is 1. The monoisotopic (exact) mass is 378 g/mol. The van der Waals surface area contributed by atoms with E-state index in [1.807, 2.05) is 4.90 Å². The number of fused-ring (bicyclic) bond motifs is 1. The Labute approximate surface area is 164 Å². The molecule has 3 heterocycles. The van der Waals surface area contributed by atoms with E-state index in [1.54, 1.807) is 17.1 Å². The van der Waals surface area contributed by atoms with Crippen molar-refractivity contribution in [2.24, 2.45) is 0 Å². The standard InChI is InChI=1S/C21H26N6O/c1-25(2)15-19-12-17-6-5-16(13-20(17)23-19)18-4-3-9-26(14-18)21(28)7-10-27-11-8-22-24-27/h4-6,8,11-13,23H,3,7,9-10,14-15H2,1-2H3. The Bertz CT molecular complexity index is 986. The molecular weight excluding hydrogens is 352 g/mol. The molecule has 1 amide bonds. The van der Waals surface area contributed by atoms with Crippen LogP contribution in [0.2, 0.25) is 0 Å². The summed E-state index contributed by atoms with van der Waals surface area (Å²) in [5, 5.41) is 8.92. The third kappa shape index (κ3) is 4.14. The number of aromatic amines is 1. The third-order valence-electron chi connectivity index (χ3n) is 5.07. The number of rotatable bonds is 6. The van der Waals surface area contributed by atoms with Gasteiger partial charge in [0.15, 0.2) is 0 Å². The molecule has 0 radical (unpaired) electrons. The summed E-state index contributed by atoms with van der Waals surface area (Å²) in [6.45, 7) is 2.89. The summed E-state index contributed by atoms with van der Waals surface area (Å²) < 4.78 is 1.70. The smallest absolute Gasteiger partial charge is 0.224 e. The molecule has 0 saturated heterocycles. The van der Waals surface area contributed by atoms with Crippen LogP contribution in [-0.2, 0) is 17.9 Å². The summed E-state index contributed by atoms with van der Waals surface area (Å²) >= 11 is 0. The Balaban J connectivity index is 1.44. The highest BCUT2D eigenvalue weighted by molar-refractivity contribution is 5.86. The van der Waals surface area contributed by atoms with Gasteiger partial charge >= 0.3 is 0 Å². The Kier molecular flexibility index (Phi) is 5.25. The van der Waals surface area contributed by atoms with Crippen LogP contribution in [0, 0.1) is 0 Å². The molecule has 4 rings (SSSR count). The zero-order chi connectivity index (χ0) is 19.5. The highest BCUT2D eigenvalue weighted by Gasteiger charge is 2.19. The van der Waals surface area contributed by atoms with Crippen molar-refractivity contribution in [1.82, 2.24) is 29.8 Å². The number of aromatic nitrogens is 4. The molecule has 7 heteroatoms. The fourth-order valence-electron chi connectivity index (χ4n) is 3.70. The van der Waals surface area contributed by atoms with Gasteiger partial charge in [0.1, 0.15) is 0 Å². The molecule has 0 aliphatic carbocycles. The van der Waals surface area contributed by atoms with Crippen molar-refractivity contribution in [3.63, 3.8) is 0 Å². The van der Waals surface area contributed by atoms with E-state index in [4.69, 9.17) is 0 Å². The summed E-state index contributed by atoms with van der Waals surface area (Å²) in [5.74, 6) is 0.162. The van der Waals surface area contributed by atoms with Crippen LogP contribution in [0.15, 0.2) is 42.7 Å². The number of hydrogen-bond donors (Lipinski definition) is 1. The van der Waals surface area contributed by atoms with E-state index in [0.29, 0.717) is 19.5 Å². The van der Waals surface area contributed by atoms with Gasteiger partial charge in [0, 0.05) is 43.5 Å². The van der Waals surface area contributed by atoms with Crippen LogP contribution < -0.4 is 0 Å². The van der Waals surface area contributed by atoms with Crippen molar-refractivity contribution in [2.75, 3.05) is 27.2 Å². The normalized spacial score (nSPS) is 14.7. The summed E-state index contributed by atoms with van der Waals surface area (Å²) in [5.41, 5.74) is 4.75. The molecule has 0 atom stereocenters. The van der Waals surface area contributed by atoms with E-state index >= 15 is 0 Å². The molecule has 2 aromatic heterocycles. The Morgan fingerprint density at radius 1 is 1.29 bits per heavy atom. The lowest BCUT2D eigenvalue weighted by atomic mass is 10.00. The number of hydrogen-bond acceptors (Lipinski definition) is 4. The number of nitrogens with zero attached hydrogens (tertiary/aromatic N) is 5. The molecule has 146 valence electrons. The lowest BCUT2D eigenvalue weighted by molar-refractivity contribution is -0.131. The van der Waals surface area contributed by atoms with Crippen LogP contribution in [0.25, 0.3) is 16.5 Å². The first kappa shape index (κ1) is 18.4. The Hall–Kier alpha value is -2.93. The molecule has 28 heavy (non-hydrogen) atoms. The van der Waals surface area contributed by atoms with Crippen molar-refractivity contribution in [2.45, 2.75) is 25.9 Å². The molecule has 1 N–H and O–H groups in total. The van der Waals surface area contributed by atoms with Crippen LogP contribution in [0.3, 0.4) is 0 Å². The first-order chi connectivity index (χ1) is 13.6. The minimum absolute atomic E-state index is 0.162. The zero-order valence-electron chi connectivity index (χ0n) is 16.4. The van der Waals surface area contributed by atoms with Crippen LogP contribution in [-0.4, -0.2) is 62.9 Å². The van der Waals surface area contributed by atoms with E-state index < -0.39 is 0 Å². The van der Waals surface area contributed by atoms with Gasteiger partial charge in [-0.25, -0.2) is 0 Å². The minimum Gasteiger partial charge on any atom is -0.357 e. The second-order valence-electron chi connectivity index (χ2n) is 7.58. The van der Waals surface area contributed by atoms with Crippen molar-refractivity contribution in [3.05, 3.63) is 54.0 Å². The van der Waals surface area contributed by atoms with E-state index in [9.17, 15) is 4.79 Å². The maximum absolute atomic E-state index is 12.6. The molecule has 0 saturated carbocycles. The summed E-state index contributed by atoms with van der Waals surface area (Å²) in [6.07, 6.45) is 7.00. The van der Waals surface area contributed by atoms with Crippen molar-refractivity contribution < 1.29 is 4.79 Å².